The van der Waals surface area contributed by atoms with Crippen LogP contribution in [0.5, 0.6) is 5.75 Å². The molecule has 1 N–H and O–H groups in total. The summed E-state index contributed by atoms with van der Waals surface area (Å²) in [5.41, 5.74) is 0.644. The van der Waals surface area contributed by atoms with Crippen LogP contribution in [-0.4, -0.2) is 27.7 Å². The van der Waals surface area contributed by atoms with Gasteiger partial charge in [-0.25, -0.2) is 8.42 Å². The maximum Gasteiger partial charge on any atom is 0.256 e. The third kappa shape index (κ3) is 3.61. The summed E-state index contributed by atoms with van der Waals surface area (Å²) in [6, 6.07) is 12.9. The normalized spacial score (nSPS) is 11.0. The van der Waals surface area contributed by atoms with E-state index in [4.69, 9.17) is 4.74 Å². The molecule has 110 valence electrons. The van der Waals surface area contributed by atoms with E-state index in [-0.39, 0.29) is 10.5 Å². The summed E-state index contributed by atoms with van der Waals surface area (Å²) in [6.07, 6.45) is 1.07. The summed E-state index contributed by atoms with van der Waals surface area (Å²) in [5.74, 6) is 0.119. The largest absolute Gasteiger partial charge is 0.497 e. The van der Waals surface area contributed by atoms with Crippen molar-refractivity contribution in [2.45, 2.75) is 4.90 Å². The lowest BCUT2D eigenvalue weighted by atomic mass is 10.2. The molecule has 21 heavy (non-hydrogen) atoms. The van der Waals surface area contributed by atoms with Crippen LogP contribution >= 0.6 is 0 Å². The van der Waals surface area contributed by atoms with Crippen LogP contribution in [0, 0.1) is 0 Å². The van der Waals surface area contributed by atoms with E-state index in [0.29, 0.717) is 11.4 Å². The van der Waals surface area contributed by atoms with E-state index in [1.165, 1.54) is 19.2 Å². The number of rotatable bonds is 4. The third-order valence-electron chi connectivity index (χ3n) is 2.86. The van der Waals surface area contributed by atoms with Gasteiger partial charge in [-0.2, -0.15) is 0 Å². The van der Waals surface area contributed by atoms with Crippen molar-refractivity contribution in [1.29, 1.82) is 0 Å². The summed E-state index contributed by atoms with van der Waals surface area (Å²) in [5, 5.41) is 2.66. The topological polar surface area (TPSA) is 72.5 Å². The Morgan fingerprint density at radius 2 is 1.81 bits per heavy atom. The Kier molecular flexibility index (Phi) is 4.28. The summed E-state index contributed by atoms with van der Waals surface area (Å²) in [7, 11) is -1.94. The van der Waals surface area contributed by atoms with E-state index >= 15 is 0 Å². The molecule has 0 unspecified atom stereocenters. The van der Waals surface area contributed by atoms with Crippen molar-refractivity contribution in [3.8, 4) is 5.75 Å². The van der Waals surface area contributed by atoms with Gasteiger partial charge in [0.1, 0.15) is 5.75 Å². The van der Waals surface area contributed by atoms with Crippen LogP contribution in [-0.2, 0) is 9.84 Å². The first-order valence-electron chi connectivity index (χ1n) is 6.16. The van der Waals surface area contributed by atoms with Gasteiger partial charge in [0.25, 0.3) is 5.91 Å². The molecule has 0 aromatic heterocycles. The minimum atomic E-state index is -3.47. The molecule has 1 amide bonds. The molecule has 0 radical (unpaired) electrons. The number of nitrogens with one attached hydrogen (secondary N) is 1. The highest BCUT2D eigenvalue weighted by Crippen LogP contribution is 2.20. The van der Waals surface area contributed by atoms with E-state index in [0.717, 1.165) is 6.26 Å². The zero-order valence-corrected chi connectivity index (χ0v) is 12.5. The van der Waals surface area contributed by atoms with Crippen molar-refractivity contribution in [2.75, 3.05) is 18.7 Å². The number of sulfone groups is 1. The van der Waals surface area contributed by atoms with Gasteiger partial charge in [0.15, 0.2) is 9.84 Å². The predicted molar refractivity (Wildman–Crippen MR) is 80.5 cm³/mol. The first-order valence-corrected chi connectivity index (χ1v) is 8.05. The molecule has 0 aliphatic rings. The lowest BCUT2D eigenvalue weighted by Crippen LogP contribution is -2.16. The summed E-state index contributed by atoms with van der Waals surface area (Å²) < 4.78 is 28.5. The van der Waals surface area contributed by atoms with E-state index in [2.05, 4.69) is 5.32 Å². The molecule has 2 aromatic rings. The van der Waals surface area contributed by atoms with Gasteiger partial charge in [-0.05, 0) is 24.3 Å². The Morgan fingerprint density at radius 3 is 2.48 bits per heavy atom. The van der Waals surface area contributed by atoms with Crippen LogP contribution in [0.1, 0.15) is 10.4 Å². The van der Waals surface area contributed by atoms with Crippen LogP contribution in [0.4, 0.5) is 5.69 Å². The number of hydrogen-bond donors (Lipinski definition) is 1. The number of carbonyl (C=O) groups excluding carboxylic acids is 1. The van der Waals surface area contributed by atoms with Gasteiger partial charge in [0.05, 0.1) is 17.6 Å². The number of anilines is 1. The highest BCUT2D eigenvalue weighted by atomic mass is 32.2. The molecule has 2 rings (SSSR count). The molecule has 0 heterocycles. The van der Waals surface area contributed by atoms with E-state index in [1.54, 1.807) is 36.4 Å². The Morgan fingerprint density at radius 1 is 1.10 bits per heavy atom. The average molecular weight is 305 g/mol. The van der Waals surface area contributed by atoms with Gasteiger partial charge < -0.3 is 10.1 Å². The number of amides is 1. The second kappa shape index (κ2) is 5.97. The first kappa shape index (κ1) is 15.1. The van der Waals surface area contributed by atoms with E-state index in [9.17, 15) is 13.2 Å². The molecule has 0 atom stereocenters. The van der Waals surface area contributed by atoms with Crippen molar-refractivity contribution < 1.29 is 17.9 Å². The van der Waals surface area contributed by atoms with Gasteiger partial charge in [-0.3, -0.25) is 4.79 Å². The fourth-order valence-electron chi connectivity index (χ4n) is 1.88. The van der Waals surface area contributed by atoms with Gasteiger partial charge in [-0.15, -0.1) is 0 Å². The lowest BCUT2D eigenvalue weighted by Gasteiger charge is -2.09. The number of methoxy groups -OCH3 is 1. The smallest absolute Gasteiger partial charge is 0.256 e. The van der Waals surface area contributed by atoms with Crippen LogP contribution < -0.4 is 10.1 Å². The Balaban J connectivity index is 2.33. The van der Waals surface area contributed by atoms with Gasteiger partial charge in [0.2, 0.25) is 0 Å². The standard InChI is InChI=1S/C15H15NO4S/c1-20-12-7-5-6-11(10-12)16-15(17)13-8-3-4-9-14(13)21(2,18)19/h3-10H,1-2H3,(H,16,17). The zero-order valence-electron chi connectivity index (χ0n) is 11.7. The molecule has 0 bridgehead atoms. The second-order valence-electron chi connectivity index (χ2n) is 4.45. The molecule has 6 heteroatoms. The maximum absolute atomic E-state index is 12.3. The minimum Gasteiger partial charge on any atom is -0.497 e. The second-order valence-corrected chi connectivity index (χ2v) is 6.44. The van der Waals surface area contributed by atoms with E-state index in [1.807, 2.05) is 0 Å². The minimum absolute atomic E-state index is 0.00500. The first-order chi connectivity index (χ1) is 9.91. The average Bonchev–Trinajstić information content (AvgIpc) is 2.46. The molecule has 0 aliphatic heterocycles. The fourth-order valence-corrected chi connectivity index (χ4v) is 2.76. The summed E-state index contributed by atoms with van der Waals surface area (Å²) in [6.45, 7) is 0. The highest BCUT2D eigenvalue weighted by Gasteiger charge is 2.18. The number of benzene rings is 2. The number of ether oxygens (including phenoxy) is 1. The van der Waals surface area contributed by atoms with Crippen molar-refractivity contribution in [2.24, 2.45) is 0 Å². The van der Waals surface area contributed by atoms with Gasteiger partial charge in [-0.1, -0.05) is 18.2 Å². The Labute approximate surface area is 123 Å². The lowest BCUT2D eigenvalue weighted by molar-refractivity contribution is 0.102. The molecule has 0 aliphatic carbocycles. The Bertz CT molecular complexity index is 769. The van der Waals surface area contributed by atoms with Crippen LogP contribution in [0.15, 0.2) is 53.4 Å². The molecule has 0 saturated carbocycles. The molecule has 0 spiro atoms. The van der Waals surface area contributed by atoms with Crippen LogP contribution in [0.2, 0.25) is 0 Å². The fraction of sp³-hybridized carbons (Fsp3) is 0.133. The predicted octanol–water partition coefficient (Wildman–Crippen LogP) is 2.35. The molecule has 0 fully saturated rings. The molecular formula is C15H15NO4S. The quantitative estimate of drug-likeness (QED) is 0.941. The van der Waals surface area contributed by atoms with Gasteiger partial charge in [0, 0.05) is 18.0 Å². The van der Waals surface area contributed by atoms with E-state index < -0.39 is 15.7 Å². The zero-order chi connectivity index (χ0) is 15.5. The van der Waals surface area contributed by atoms with Crippen molar-refractivity contribution in [3.05, 3.63) is 54.1 Å². The molecule has 0 saturated heterocycles. The van der Waals surface area contributed by atoms with Gasteiger partial charge >= 0.3 is 0 Å². The maximum atomic E-state index is 12.3. The number of hydrogen-bond acceptors (Lipinski definition) is 4. The third-order valence-corrected chi connectivity index (χ3v) is 4.01. The van der Waals surface area contributed by atoms with Crippen molar-refractivity contribution in [3.63, 3.8) is 0 Å². The monoisotopic (exact) mass is 305 g/mol. The Hall–Kier alpha value is -2.34. The van der Waals surface area contributed by atoms with Crippen LogP contribution in [0.25, 0.3) is 0 Å². The summed E-state index contributed by atoms with van der Waals surface area (Å²) in [4.78, 5) is 12.3. The molecular weight excluding hydrogens is 290 g/mol. The SMILES string of the molecule is COc1cccc(NC(=O)c2ccccc2S(C)(=O)=O)c1. The molecule has 5 nitrogen and oxygen atoms in total. The molecule has 2 aromatic carbocycles. The van der Waals surface area contributed by atoms with Crippen LogP contribution in [0.3, 0.4) is 0 Å². The number of carbonyl (C=O) groups is 1. The van der Waals surface area contributed by atoms with Crippen molar-refractivity contribution in [1.82, 2.24) is 0 Å². The highest BCUT2D eigenvalue weighted by molar-refractivity contribution is 7.90. The summed E-state index contributed by atoms with van der Waals surface area (Å²) >= 11 is 0. The van der Waals surface area contributed by atoms with Crippen molar-refractivity contribution >= 4 is 21.4 Å².